The van der Waals surface area contributed by atoms with Gasteiger partial charge in [0, 0.05) is 11.5 Å². The molecule has 0 aromatic heterocycles. The summed E-state index contributed by atoms with van der Waals surface area (Å²) in [6.07, 6.45) is 4.88. The fourth-order valence-electron chi connectivity index (χ4n) is 1.56. The minimum atomic E-state index is 0.201. The predicted octanol–water partition coefficient (Wildman–Crippen LogP) is 4.54. The third kappa shape index (κ3) is 4.46. The Morgan fingerprint density at radius 2 is 1.53 bits per heavy atom. The number of ketones is 1. The van der Waals surface area contributed by atoms with E-state index in [0.29, 0.717) is 5.78 Å². The largest absolute Gasteiger partial charge is 0.294 e. The molecule has 0 aromatic rings. The van der Waals surface area contributed by atoms with Crippen LogP contribution in [0.3, 0.4) is 0 Å². The van der Waals surface area contributed by atoms with Crippen LogP contribution in [-0.2, 0) is 4.79 Å². The van der Waals surface area contributed by atoms with Crippen molar-refractivity contribution in [2.75, 3.05) is 0 Å². The molecule has 1 rings (SSSR count). The van der Waals surface area contributed by atoms with Crippen LogP contribution in [0.4, 0.5) is 0 Å². The first-order valence-corrected chi connectivity index (χ1v) is 6.06. The monoisotopic (exact) mass is 210 g/mol. The van der Waals surface area contributed by atoms with Crippen LogP contribution in [0.5, 0.6) is 0 Å². The van der Waals surface area contributed by atoms with E-state index in [0.717, 1.165) is 12.0 Å². The van der Waals surface area contributed by atoms with E-state index in [-0.39, 0.29) is 5.92 Å². The zero-order valence-corrected chi connectivity index (χ0v) is 11.3. The first kappa shape index (κ1) is 16.6. The van der Waals surface area contributed by atoms with Gasteiger partial charge in [-0.15, -0.1) is 0 Å². The summed E-state index contributed by atoms with van der Waals surface area (Å²) in [4.78, 5) is 11.4. The molecule has 1 fully saturated rings. The molecule has 15 heavy (non-hydrogen) atoms. The fourth-order valence-corrected chi connectivity index (χ4v) is 1.56. The molecule has 0 bridgehead atoms. The molecule has 0 radical (unpaired) electrons. The van der Waals surface area contributed by atoms with Crippen LogP contribution in [0.2, 0.25) is 0 Å². The van der Waals surface area contributed by atoms with Crippen molar-refractivity contribution in [3.63, 3.8) is 0 Å². The van der Waals surface area contributed by atoms with E-state index in [1.165, 1.54) is 5.57 Å². The SMILES string of the molecule is C/C=C1/CC(C)C(=O)/C1=C/C.CC.CC. The highest BCUT2D eigenvalue weighted by atomic mass is 16.1. The van der Waals surface area contributed by atoms with E-state index in [2.05, 4.69) is 0 Å². The molecule has 1 aliphatic carbocycles. The molecular formula is C14H26O. The van der Waals surface area contributed by atoms with Gasteiger partial charge in [0.05, 0.1) is 0 Å². The predicted molar refractivity (Wildman–Crippen MR) is 69.0 cm³/mol. The maximum atomic E-state index is 11.4. The lowest BCUT2D eigenvalue weighted by atomic mass is 10.1. The number of rotatable bonds is 0. The maximum Gasteiger partial charge on any atom is 0.165 e. The first-order valence-electron chi connectivity index (χ1n) is 6.06. The molecule has 0 amide bonds. The lowest BCUT2D eigenvalue weighted by Crippen LogP contribution is -2.01. The second-order valence-electron chi connectivity index (χ2n) is 2.99. The van der Waals surface area contributed by atoms with Crippen LogP contribution < -0.4 is 0 Å². The summed E-state index contributed by atoms with van der Waals surface area (Å²) < 4.78 is 0. The first-order chi connectivity index (χ1) is 7.20. The van der Waals surface area contributed by atoms with Crippen LogP contribution in [0, 0.1) is 5.92 Å². The van der Waals surface area contributed by atoms with Crippen molar-refractivity contribution >= 4 is 5.78 Å². The highest BCUT2D eigenvalue weighted by Gasteiger charge is 2.28. The van der Waals surface area contributed by atoms with Gasteiger partial charge in [0.25, 0.3) is 0 Å². The number of Topliss-reactive ketones (excluding diaryl/α,β-unsaturated/α-hetero) is 1. The Hall–Kier alpha value is -0.850. The molecule has 0 saturated heterocycles. The van der Waals surface area contributed by atoms with Gasteiger partial charge in [-0.05, 0) is 25.8 Å². The van der Waals surface area contributed by atoms with E-state index >= 15 is 0 Å². The summed E-state index contributed by atoms with van der Waals surface area (Å²) in [5, 5.41) is 0. The summed E-state index contributed by atoms with van der Waals surface area (Å²) in [6, 6.07) is 0. The van der Waals surface area contributed by atoms with Gasteiger partial charge in [-0.25, -0.2) is 0 Å². The number of carbonyl (C=O) groups is 1. The average Bonchev–Trinajstić information content (AvgIpc) is 2.60. The van der Waals surface area contributed by atoms with Crippen LogP contribution in [-0.4, -0.2) is 5.78 Å². The molecule has 0 heterocycles. The van der Waals surface area contributed by atoms with Crippen molar-refractivity contribution < 1.29 is 4.79 Å². The molecule has 1 nitrogen and oxygen atoms in total. The van der Waals surface area contributed by atoms with Crippen LogP contribution in [0.1, 0.15) is 54.9 Å². The van der Waals surface area contributed by atoms with E-state index in [4.69, 9.17) is 0 Å². The number of carbonyl (C=O) groups excluding carboxylic acids is 1. The Morgan fingerprint density at radius 3 is 1.80 bits per heavy atom. The van der Waals surface area contributed by atoms with Gasteiger partial charge in [0.2, 0.25) is 0 Å². The molecule has 0 N–H and O–H groups in total. The molecular weight excluding hydrogens is 184 g/mol. The number of hydrogen-bond donors (Lipinski definition) is 0. The third-order valence-electron chi connectivity index (χ3n) is 2.22. The Balaban J connectivity index is 0. The van der Waals surface area contributed by atoms with Gasteiger partial charge in [0.15, 0.2) is 5.78 Å². The smallest absolute Gasteiger partial charge is 0.165 e. The zero-order chi connectivity index (χ0) is 12.4. The van der Waals surface area contributed by atoms with Gasteiger partial charge in [-0.3, -0.25) is 4.79 Å². The topological polar surface area (TPSA) is 17.1 Å². The lowest BCUT2D eigenvalue weighted by molar-refractivity contribution is -0.117. The number of allylic oxidation sites excluding steroid dienone is 4. The summed E-state index contributed by atoms with van der Waals surface area (Å²) >= 11 is 0. The van der Waals surface area contributed by atoms with Gasteiger partial charge in [-0.2, -0.15) is 0 Å². The quantitative estimate of drug-likeness (QED) is 0.536. The Labute approximate surface area is 95.3 Å². The molecule has 0 spiro atoms. The van der Waals surface area contributed by atoms with Crippen molar-refractivity contribution in [1.82, 2.24) is 0 Å². The molecule has 1 aliphatic rings. The van der Waals surface area contributed by atoms with Crippen molar-refractivity contribution in [1.29, 1.82) is 0 Å². The summed E-state index contributed by atoms with van der Waals surface area (Å²) in [6.45, 7) is 13.9. The lowest BCUT2D eigenvalue weighted by Gasteiger charge is -1.93. The zero-order valence-electron chi connectivity index (χ0n) is 11.3. The number of hydrogen-bond acceptors (Lipinski definition) is 1. The maximum absolute atomic E-state index is 11.4. The van der Waals surface area contributed by atoms with E-state index in [9.17, 15) is 4.79 Å². The van der Waals surface area contributed by atoms with Gasteiger partial charge in [0.1, 0.15) is 0 Å². The van der Waals surface area contributed by atoms with Gasteiger partial charge >= 0.3 is 0 Å². The van der Waals surface area contributed by atoms with Crippen molar-refractivity contribution in [2.45, 2.75) is 54.9 Å². The Morgan fingerprint density at radius 1 is 1.07 bits per heavy atom. The van der Waals surface area contributed by atoms with Crippen LogP contribution in [0.25, 0.3) is 0 Å². The molecule has 0 aliphatic heterocycles. The molecule has 1 atom stereocenters. The second kappa shape index (κ2) is 9.70. The van der Waals surface area contributed by atoms with Crippen LogP contribution >= 0.6 is 0 Å². The summed E-state index contributed by atoms with van der Waals surface area (Å²) in [5.41, 5.74) is 2.14. The van der Waals surface area contributed by atoms with Gasteiger partial charge in [-0.1, -0.05) is 46.8 Å². The molecule has 88 valence electrons. The van der Waals surface area contributed by atoms with Crippen molar-refractivity contribution in [3.8, 4) is 0 Å². The Kier molecular flexibility index (Phi) is 10.7. The highest BCUT2D eigenvalue weighted by molar-refractivity contribution is 6.04. The van der Waals surface area contributed by atoms with Crippen LogP contribution in [0.15, 0.2) is 23.3 Å². The highest BCUT2D eigenvalue weighted by Crippen LogP contribution is 2.31. The second-order valence-corrected chi connectivity index (χ2v) is 2.99. The minimum absolute atomic E-state index is 0.201. The molecule has 1 saturated carbocycles. The van der Waals surface area contributed by atoms with Crippen molar-refractivity contribution in [3.05, 3.63) is 23.3 Å². The van der Waals surface area contributed by atoms with Gasteiger partial charge < -0.3 is 0 Å². The van der Waals surface area contributed by atoms with E-state index < -0.39 is 0 Å². The standard InChI is InChI=1S/C10H14O.2C2H6/c1-4-8-6-7(3)10(11)9(8)5-2;2*1-2/h4-5,7H,6H2,1-3H3;2*1-2H3/b8-4-,9-5+;;. The third-order valence-corrected chi connectivity index (χ3v) is 2.22. The Bertz CT molecular complexity index is 234. The fraction of sp³-hybridized carbons (Fsp3) is 0.643. The average molecular weight is 210 g/mol. The van der Waals surface area contributed by atoms with E-state index in [1.54, 1.807) is 0 Å². The molecule has 0 aromatic carbocycles. The normalized spacial score (nSPS) is 24.5. The van der Waals surface area contributed by atoms with Crippen molar-refractivity contribution in [2.24, 2.45) is 5.92 Å². The van der Waals surface area contributed by atoms with E-state index in [1.807, 2.05) is 60.6 Å². The summed E-state index contributed by atoms with van der Waals surface area (Å²) in [7, 11) is 0. The molecule has 1 unspecified atom stereocenters. The summed E-state index contributed by atoms with van der Waals surface area (Å²) in [5.74, 6) is 0.507. The molecule has 1 heteroatoms. The minimum Gasteiger partial charge on any atom is -0.294 e.